The summed E-state index contributed by atoms with van der Waals surface area (Å²) in [5.74, 6) is -10.5. The second kappa shape index (κ2) is 7.83. The molecule has 0 atom stereocenters. The summed E-state index contributed by atoms with van der Waals surface area (Å²) in [6.45, 7) is 0. The third kappa shape index (κ3) is 3.29. The van der Waals surface area contributed by atoms with Crippen LogP contribution in [0.1, 0.15) is 0 Å². The van der Waals surface area contributed by atoms with E-state index >= 15 is 4.39 Å². The molecule has 0 aliphatic rings. The molecule has 0 N–H and O–H groups in total. The SMILES string of the molecule is Fc1ccc(-c2c3cc(F)c(F)cc3c(-c3cc(F)c(F)c(F)c3)c3c(F)cccc23)c(F)c1. The van der Waals surface area contributed by atoms with Gasteiger partial charge in [0.05, 0.1) is 0 Å². The van der Waals surface area contributed by atoms with Gasteiger partial charge in [-0.1, -0.05) is 12.1 Å². The molecule has 5 aromatic carbocycles. The maximum atomic E-state index is 15.2. The predicted octanol–water partition coefficient (Wildman–Crippen LogP) is 8.44. The number of rotatable bonds is 2. The first-order valence-corrected chi connectivity index (χ1v) is 9.80. The summed E-state index contributed by atoms with van der Waals surface area (Å²) in [5.41, 5.74) is -0.941. The van der Waals surface area contributed by atoms with Crippen molar-refractivity contribution >= 4 is 21.5 Å². The van der Waals surface area contributed by atoms with Crippen LogP contribution in [-0.4, -0.2) is 0 Å². The van der Waals surface area contributed by atoms with Crippen molar-refractivity contribution in [1.82, 2.24) is 0 Å². The van der Waals surface area contributed by atoms with Crippen molar-refractivity contribution in [3.05, 3.63) is 107 Å². The van der Waals surface area contributed by atoms with Gasteiger partial charge in [0.25, 0.3) is 0 Å². The topological polar surface area (TPSA) is 0 Å². The Hall–Kier alpha value is -3.94. The molecule has 0 nitrogen and oxygen atoms in total. The third-order valence-corrected chi connectivity index (χ3v) is 5.61. The standard InChI is InChI=1S/C26H10F8/c27-12-4-5-13(18(29)8-12)24-14-2-1-3-17(28)25(14)23(11-6-21(32)26(34)22(33)7-11)15-9-19(30)20(31)10-16(15)24/h1-10H. The van der Waals surface area contributed by atoms with E-state index < -0.39 is 46.5 Å². The van der Waals surface area contributed by atoms with Crippen LogP contribution in [0.25, 0.3) is 43.8 Å². The van der Waals surface area contributed by atoms with Crippen LogP contribution < -0.4 is 0 Å². The van der Waals surface area contributed by atoms with Gasteiger partial charge in [-0.05, 0) is 64.2 Å². The number of hydrogen-bond donors (Lipinski definition) is 0. The molecule has 0 fully saturated rings. The number of hydrogen-bond acceptors (Lipinski definition) is 0. The summed E-state index contributed by atoms with van der Waals surface area (Å²) in [5, 5.41) is -0.683. The molecule has 170 valence electrons. The lowest BCUT2D eigenvalue weighted by Crippen LogP contribution is -1.98. The maximum Gasteiger partial charge on any atom is 0.194 e. The van der Waals surface area contributed by atoms with Gasteiger partial charge in [0, 0.05) is 28.1 Å². The van der Waals surface area contributed by atoms with Crippen molar-refractivity contribution in [2.24, 2.45) is 0 Å². The van der Waals surface area contributed by atoms with Crippen molar-refractivity contribution in [3.8, 4) is 22.3 Å². The number of halogens is 8. The third-order valence-electron chi connectivity index (χ3n) is 5.61. The zero-order chi connectivity index (χ0) is 24.3. The monoisotopic (exact) mass is 474 g/mol. The van der Waals surface area contributed by atoms with Crippen LogP contribution in [0, 0.1) is 46.5 Å². The fraction of sp³-hybridized carbons (Fsp3) is 0. The lowest BCUT2D eigenvalue weighted by Gasteiger charge is -2.19. The average molecular weight is 474 g/mol. The Labute approximate surface area is 186 Å². The first-order valence-electron chi connectivity index (χ1n) is 9.80. The molecule has 5 aromatic rings. The van der Waals surface area contributed by atoms with Crippen molar-refractivity contribution < 1.29 is 35.1 Å². The Morgan fingerprint density at radius 1 is 0.441 bits per heavy atom. The van der Waals surface area contributed by atoms with E-state index in [1.54, 1.807) is 0 Å². The first kappa shape index (κ1) is 21.9. The first-order chi connectivity index (χ1) is 16.2. The molecular weight excluding hydrogens is 464 g/mol. The average Bonchev–Trinajstić information content (AvgIpc) is 2.78. The van der Waals surface area contributed by atoms with Crippen molar-refractivity contribution in [3.63, 3.8) is 0 Å². The zero-order valence-electron chi connectivity index (χ0n) is 16.8. The molecule has 0 aliphatic heterocycles. The fourth-order valence-corrected chi connectivity index (χ4v) is 4.21. The van der Waals surface area contributed by atoms with Gasteiger partial charge in [0.2, 0.25) is 0 Å². The second-order valence-electron chi connectivity index (χ2n) is 7.60. The molecular formula is C26H10F8. The molecule has 34 heavy (non-hydrogen) atoms. The lowest BCUT2D eigenvalue weighted by molar-refractivity contribution is 0.448. The summed E-state index contributed by atoms with van der Waals surface area (Å²) in [4.78, 5) is 0. The van der Waals surface area contributed by atoms with Gasteiger partial charge < -0.3 is 0 Å². The summed E-state index contributed by atoms with van der Waals surface area (Å²) < 4.78 is 114. The van der Waals surface area contributed by atoms with Crippen LogP contribution in [0.5, 0.6) is 0 Å². The minimum Gasteiger partial charge on any atom is -0.207 e. The Morgan fingerprint density at radius 2 is 1.06 bits per heavy atom. The Morgan fingerprint density at radius 3 is 1.68 bits per heavy atom. The lowest BCUT2D eigenvalue weighted by atomic mass is 9.85. The molecule has 0 saturated heterocycles. The highest BCUT2D eigenvalue weighted by Crippen LogP contribution is 2.46. The van der Waals surface area contributed by atoms with E-state index in [1.807, 2.05) is 0 Å². The Bertz CT molecular complexity index is 1620. The van der Waals surface area contributed by atoms with Gasteiger partial charge in [-0.15, -0.1) is 0 Å². The van der Waals surface area contributed by atoms with E-state index in [-0.39, 0.29) is 43.8 Å². The molecule has 0 radical (unpaired) electrons. The summed E-state index contributed by atoms with van der Waals surface area (Å²) >= 11 is 0. The summed E-state index contributed by atoms with van der Waals surface area (Å²) in [6, 6.07) is 8.79. The van der Waals surface area contributed by atoms with Gasteiger partial charge in [-0.3, -0.25) is 0 Å². The van der Waals surface area contributed by atoms with Gasteiger partial charge in [0.1, 0.15) is 17.5 Å². The van der Waals surface area contributed by atoms with Gasteiger partial charge in [-0.2, -0.15) is 0 Å². The Kier molecular flexibility index (Phi) is 5.04. The molecule has 0 spiro atoms. The van der Waals surface area contributed by atoms with Crippen molar-refractivity contribution in [1.29, 1.82) is 0 Å². The highest BCUT2D eigenvalue weighted by atomic mass is 19.2. The summed E-state index contributed by atoms with van der Waals surface area (Å²) in [6.07, 6.45) is 0. The summed E-state index contributed by atoms with van der Waals surface area (Å²) in [7, 11) is 0. The number of fused-ring (bicyclic) bond motifs is 2. The molecule has 5 rings (SSSR count). The molecule has 0 aliphatic carbocycles. The van der Waals surface area contributed by atoms with Crippen LogP contribution in [0.4, 0.5) is 35.1 Å². The van der Waals surface area contributed by atoms with Crippen LogP contribution in [0.2, 0.25) is 0 Å². The van der Waals surface area contributed by atoms with Gasteiger partial charge >= 0.3 is 0 Å². The minimum absolute atomic E-state index is 0.0239. The molecule has 0 heterocycles. The quantitative estimate of drug-likeness (QED) is 0.137. The molecule has 0 amide bonds. The highest BCUT2D eigenvalue weighted by Gasteiger charge is 2.24. The maximum absolute atomic E-state index is 15.2. The van der Waals surface area contributed by atoms with Crippen LogP contribution in [0.3, 0.4) is 0 Å². The van der Waals surface area contributed by atoms with Gasteiger partial charge in [0.15, 0.2) is 29.1 Å². The predicted molar refractivity (Wildman–Crippen MR) is 112 cm³/mol. The Balaban J connectivity index is 2.07. The van der Waals surface area contributed by atoms with Crippen molar-refractivity contribution in [2.75, 3.05) is 0 Å². The normalized spacial score (nSPS) is 11.5. The smallest absolute Gasteiger partial charge is 0.194 e. The second-order valence-corrected chi connectivity index (χ2v) is 7.60. The molecule has 8 heteroatoms. The number of benzene rings is 5. The van der Waals surface area contributed by atoms with Crippen molar-refractivity contribution in [2.45, 2.75) is 0 Å². The fourth-order valence-electron chi connectivity index (χ4n) is 4.21. The zero-order valence-corrected chi connectivity index (χ0v) is 16.8. The van der Waals surface area contributed by atoms with Crippen LogP contribution in [0.15, 0.2) is 60.7 Å². The van der Waals surface area contributed by atoms with E-state index in [0.717, 1.165) is 24.3 Å². The minimum atomic E-state index is -1.76. The highest BCUT2D eigenvalue weighted by molar-refractivity contribution is 6.21. The largest absolute Gasteiger partial charge is 0.207 e. The molecule has 0 saturated carbocycles. The van der Waals surface area contributed by atoms with E-state index in [4.69, 9.17) is 0 Å². The van der Waals surface area contributed by atoms with Gasteiger partial charge in [-0.25, -0.2) is 35.1 Å². The van der Waals surface area contributed by atoms with Crippen LogP contribution in [-0.2, 0) is 0 Å². The van der Waals surface area contributed by atoms with E-state index in [0.29, 0.717) is 24.3 Å². The van der Waals surface area contributed by atoms with Crippen LogP contribution >= 0.6 is 0 Å². The van der Waals surface area contributed by atoms with E-state index in [1.165, 1.54) is 12.1 Å². The van der Waals surface area contributed by atoms with E-state index in [9.17, 15) is 30.7 Å². The molecule has 0 bridgehead atoms. The molecule has 0 unspecified atom stereocenters. The molecule has 0 aromatic heterocycles. The van der Waals surface area contributed by atoms with E-state index in [2.05, 4.69) is 0 Å².